The van der Waals surface area contributed by atoms with Crippen LogP contribution in [0.2, 0.25) is 5.02 Å². The third kappa shape index (κ3) is 4.05. The summed E-state index contributed by atoms with van der Waals surface area (Å²) in [5, 5.41) is 4.03. The summed E-state index contributed by atoms with van der Waals surface area (Å²) in [5.41, 5.74) is 9.35. The van der Waals surface area contributed by atoms with Crippen molar-refractivity contribution in [3.63, 3.8) is 0 Å². The van der Waals surface area contributed by atoms with Crippen molar-refractivity contribution in [3.8, 4) is 5.75 Å². The summed E-state index contributed by atoms with van der Waals surface area (Å²) in [4.78, 5) is 0. The molecule has 2 rings (SSSR count). The molecule has 0 amide bonds. The number of hydrogen-bond acceptors (Lipinski definition) is 3. The number of nitrogen functional groups attached to an aromatic ring is 1. The van der Waals surface area contributed by atoms with E-state index in [2.05, 4.69) is 21.2 Å². The van der Waals surface area contributed by atoms with Crippen LogP contribution < -0.4 is 15.8 Å². The van der Waals surface area contributed by atoms with Gasteiger partial charge in [-0.05, 0) is 66.5 Å². The van der Waals surface area contributed by atoms with Crippen LogP contribution in [0.4, 0.5) is 17.1 Å². The monoisotopic (exact) mass is 368 g/mol. The number of rotatable bonds is 4. The number of aryl methyl sites for hydroxylation is 1. The van der Waals surface area contributed by atoms with Crippen LogP contribution in [0.15, 0.2) is 34.8 Å². The van der Waals surface area contributed by atoms with Crippen LogP contribution >= 0.6 is 27.5 Å². The van der Waals surface area contributed by atoms with Gasteiger partial charge in [-0.2, -0.15) is 0 Å². The first-order valence-electron chi connectivity index (χ1n) is 6.65. The van der Waals surface area contributed by atoms with E-state index >= 15 is 0 Å². The smallest absolute Gasteiger partial charge is 0.144 e. The zero-order chi connectivity index (χ0) is 15.6. The molecule has 0 atom stereocenters. The minimum absolute atomic E-state index is 0.0723. The van der Waals surface area contributed by atoms with Crippen LogP contribution in [0.3, 0.4) is 0 Å². The molecule has 112 valence electrons. The predicted molar refractivity (Wildman–Crippen MR) is 93.8 cm³/mol. The molecule has 2 aromatic rings. The average Bonchev–Trinajstić information content (AvgIpc) is 2.39. The van der Waals surface area contributed by atoms with Gasteiger partial charge in [-0.1, -0.05) is 11.6 Å². The van der Waals surface area contributed by atoms with E-state index < -0.39 is 0 Å². The van der Waals surface area contributed by atoms with Gasteiger partial charge < -0.3 is 15.8 Å². The minimum Gasteiger partial charge on any atom is -0.489 e. The quantitative estimate of drug-likeness (QED) is 0.697. The summed E-state index contributed by atoms with van der Waals surface area (Å²) >= 11 is 9.71. The lowest BCUT2D eigenvalue weighted by molar-refractivity contribution is 0.244. The van der Waals surface area contributed by atoms with E-state index in [0.29, 0.717) is 11.4 Å². The molecule has 0 fully saturated rings. The highest BCUT2D eigenvalue weighted by molar-refractivity contribution is 9.10. The summed E-state index contributed by atoms with van der Waals surface area (Å²) in [6.45, 7) is 5.90. The molecular weight excluding hydrogens is 352 g/mol. The molecule has 0 aliphatic carbocycles. The largest absolute Gasteiger partial charge is 0.489 e. The van der Waals surface area contributed by atoms with Crippen LogP contribution in [0.5, 0.6) is 5.75 Å². The fraction of sp³-hybridized carbons (Fsp3) is 0.250. The van der Waals surface area contributed by atoms with Gasteiger partial charge in [0.25, 0.3) is 0 Å². The topological polar surface area (TPSA) is 47.3 Å². The molecule has 0 aliphatic rings. The molecule has 0 aliphatic heterocycles. The molecule has 3 nitrogen and oxygen atoms in total. The van der Waals surface area contributed by atoms with Gasteiger partial charge in [0.05, 0.1) is 17.5 Å². The standard InChI is InChI=1S/C16H18BrClN2O/c1-9(2)21-16-7-11(4-5-14(16)19)20-15-8-13(18)10(3)6-12(15)17/h4-9,20H,19H2,1-3H3. The second-order valence-corrected chi connectivity index (χ2v) is 6.39. The Kier molecular flexibility index (Phi) is 5.01. The Morgan fingerprint density at radius 2 is 1.95 bits per heavy atom. The van der Waals surface area contributed by atoms with Crippen molar-refractivity contribution >= 4 is 44.6 Å². The van der Waals surface area contributed by atoms with Crippen LogP contribution in [0.25, 0.3) is 0 Å². The Balaban J connectivity index is 2.30. The molecule has 0 heterocycles. The first-order valence-corrected chi connectivity index (χ1v) is 7.82. The zero-order valence-electron chi connectivity index (χ0n) is 12.2. The summed E-state index contributed by atoms with van der Waals surface area (Å²) in [5.74, 6) is 0.671. The zero-order valence-corrected chi connectivity index (χ0v) is 14.5. The van der Waals surface area contributed by atoms with Crippen molar-refractivity contribution in [1.82, 2.24) is 0 Å². The van der Waals surface area contributed by atoms with Crippen molar-refractivity contribution in [2.45, 2.75) is 26.9 Å². The highest BCUT2D eigenvalue weighted by Crippen LogP contribution is 2.33. The van der Waals surface area contributed by atoms with Gasteiger partial charge in [0.2, 0.25) is 0 Å². The number of benzene rings is 2. The fourth-order valence-electron chi connectivity index (χ4n) is 1.87. The average molecular weight is 370 g/mol. The summed E-state index contributed by atoms with van der Waals surface area (Å²) in [6.07, 6.45) is 0.0723. The van der Waals surface area contributed by atoms with Gasteiger partial charge in [0.1, 0.15) is 5.75 Å². The number of hydrogen-bond donors (Lipinski definition) is 2. The fourth-order valence-corrected chi connectivity index (χ4v) is 2.59. The molecule has 5 heteroatoms. The van der Waals surface area contributed by atoms with E-state index in [4.69, 9.17) is 22.1 Å². The van der Waals surface area contributed by atoms with Crippen LogP contribution in [-0.4, -0.2) is 6.10 Å². The van der Waals surface area contributed by atoms with Crippen molar-refractivity contribution < 1.29 is 4.74 Å². The molecule has 0 saturated heterocycles. The number of anilines is 3. The Morgan fingerprint density at radius 3 is 2.62 bits per heavy atom. The lowest BCUT2D eigenvalue weighted by Gasteiger charge is -2.15. The molecule has 0 unspecified atom stereocenters. The predicted octanol–water partition coefficient (Wildman–Crippen LogP) is 5.52. The molecule has 2 aromatic carbocycles. The Bertz CT molecular complexity index is 659. The number of halogens is 2. The second kappa shape index (κ2) is 6.58. The SMILES string of the molecule is Cc1cc(Br)c(Nc2ccc(N)c(OC(C)C)c2)cc1Cl. The van der Waals surface area contributed by atoms with E-state index in [1.54, 1.807) is 0 Å². The van der Waals surface area contributed by atoms with Crippen LogP contribution in [0.1, 0.15) is 19.4 Å². The first-order chi connectivity index (χ1) is 9.86. The van der Waals surface area contributed by atoms with E-state index in [0.717, 1.165) is 26.4 Å². The van der Waals surface area contributed by atoms with E-state index in [1.807, 2.05) is 51.1 Å². The van der Waals surface area contributed by atoms with Crippen molar-refractivity contribution in [3.05, 3.63) is 45.4 Å². The first kappa shape index (κ1) is 16.0. The van der Waals surface area contributed by atoms with E-state index in [1.165, 1.54) is 0 Å². The lowest BCUT2D eigenvalue weighted by atomic mass is 10.2. The molecule has 0 saturated carbocycles. The second-order valence-electron chi connectivity index (χ2n) is 5.13. The minimum atomic E-state index is 0.0723. The third-order valence-corrected chi connectivity index (χ3v) is 3.97. The molecule has 0 bridgehead atoms. The van der Waals surface area contributed by atoms with Gasteiger partial charge in [-0.25, -0.2) is 0 Å². The molecule has 0 aromatic heterocycles. The molecule has 0 spiro atoms. The molecule has 0 radical (unpaired) electrons. The third-order valence-electron chi connectivity index (χ3n) is 2.90. The van der Waals surface area contributed by atoms with Gasteiger partial charge in [0, 0.05) is 21.2 Å². The summed E-state index contributed by atoms with van der Waals surface area (Å²) in [7, 11) is 0. The maximum absolute atomic E-state index is 6.17. The lowest BCUT2D eigenvalue weighted by Crippen LogP contribution is -2.07. The van der Waals surface area contributed by atoms with E-state index in [9.17, 15) is 0 Å². The molecule has 3 N–H and O–H groups in total. The van der Waals surface area contributed by atoms with Gasteiger partial charge in [-0.3, -0.25) is 0 Å². The van der Waals surface area contributed by atoms with Crippen LogP contribution in [0, 0.1) is 6.92 Å². The Morgan fingerprint density at radius 1 is 1.24 bits per heavy atom. The van der Waals surface area contributed by atoms with Crippen molar-refractivity contribution in [2.75, 3.05) is 11.1 Å². The Labute approximate surface area is 138 Å². The molecular formula is C16H18BrClN2O. The highest BCUT2D eigenvalue weighted by Gasteiger charge is 2.08. The number of ether oxygens (including phenoxy) is 1. The normalized spacial score (nSPS) is 10.8. The summed E-state index contributed by atoms with van der Waals surface area (Å²) in [6, 6.07) is 9.48. The van der Waals surface area contributed by atoms with E-state index in [-0.39, 0.29) is 6.10 Å². The van der Waals surface area contributed by atoms with Crippen molar-refractivity contribution in [1.29, 1.82) is 0 Å². The maximum Gasteiger partial charge on any atom is 0.144 e. The number of nitrogens with one attached hydrogen (secondary N) is 1. The van der Waals surface area contributed by atoms with Gasteiger partial charge in [0.15, 0.2) is 0 Å². The summed E-state index contributed by atoms with van der Waals surface area (Å²) < 4.78 is 6.65. The van der Waals surface area contributed by atoms with Gasteiger partial charge >= 0.3 is 0 Å². The van der Waals surface area contributed by atoms with Crippen LogP contribution in [-0.2, 0) is 0 Å². The highest BCUT2D eigenvalue weighted by atomic mass is 79.9. The Hall–Kier alpha value is -1.39. The van der Waals surface area contributed by atoms with Gasteiger partial charge in [-0.15, -0.1) is 0 Å². The maximum atomic E-state index is 6.17. The number of nitrogens with two attached hydrogens (primary N) is 1. The molecule has 21 heavy (non-hydrogen) atoms. The van der Waals surface area contributed by atoms with Crippen molar-refractivity contribution in [2.24, 2.45) is 0 Å².